The Hall–Kier alpha value is -1.34. The second-order valence-corrected chi connectivity index (χ2v) is 6.55. The van der Waals surface area contributed by atoms with Gasteiger partial charge in [0.15, 0.2) is 0 Å². The van der Waals surface area contributed by atoms with E-state index in [0.29, 0.717) is 0 Å². The number of hydrogen-bond acceptors (Lipinski definition) is 0. The fourth-order valence-electron chi connectivity index (χ4n) is 2.39. The van der Waals surface area contributed by atoms with Crippen LogP contribution in [-0.2, 0) is 0 Å². The molecule has 15 heavy (non-hydrogen) atoms. The quantitative estimate of drug-likeness (QED) is 0.584. The zero-order valence-electron chi connectivity index (χ0n) is 9.04. The first kappa shape index (κ1) is 8.92. The smallest absolute Gasteiger partial charge is 0.0628 e. The van der Waals surface area contributed by atoms with Crippen LogP contribution in [0.3, 0.4) is 0 Å². The van der Waals surface area contributed by atoms with E-state index < -0.39 is 8.80 Å². The highest BCUT2D eigenvalue weighted by Crippen LogP contribution is 2.22. The zero-order chi connectivity index (χ0) is 10.4. The molecule has 0 atom stereocenters. The lowest BCUT2D eigenvalue weighted by atomic mass is 10.0. The summed E-state index contributed by atoms with van der Waals surface area (Å²) >= 11 is 0. The lowest BCUT2D eigenvalue weighted by Gasteiger charge is -2.04. The maximum Gasteiger partial charge on any atom is 0.119 e. The molecule has 0 aliphatic carbocycles. The molecule has 0 bridgehead atoms. The van der Waals surface area contributed by atoms with Gasteiger partial charge in [-0.3, -0.25) is 0 Å². The van der Waals surface area contributed by atoms with Crippen molar-refractivity contribution in [2.75, 3.05) is 0 Å². The summed E-state index contributed by atoms with van der Waals surface area (Å²) < 4.78 is 0. The summed E-state index contributed by atoms with van der Waals surface area (Å²) in [5.74, 6) is 0. The van der Waals surface area contributed by atoms with Gasteiger partial charge < -0.3 is 0 Å². The monoisotopic (exact) mass is 209 g/mol. The summed E-state index contributed by atoms with van der Waals surface area (Å²) in [4.78, 5) is 0. The SMILES string of the molecule is Cc1ccc2c(c1)[Si](C)c1ccccc1-2. The highest BCUT2D eigenvalue weighted by Gasteiger charge is 2.25. The van der Waals surface area contributed by atoms with Crippen LogP contribution in [0.5, 0.6) is 0 Å². The Morgan fingerprint density at radius 3 is 2.47 bits per heavy atom. The van der Waals surface area contributed by atoms with Crippen molar-refractivity contribution in [1.29, 1.82) is 0 Å². The summed E-state index contributed by atoms with van der Waals surface area (Å²) in [7, 11) is -0.493. The Morgan fingerprint density at radius 1 is 0.867 bits per heavy atom. The van der Waals surface area contributed by atoms with Crippen LogP contribution >= 0.6 is 0 Å². The maximum atomic E-state index is 2.40. The number of rotatable bonds is 0. The second kappa shape index (κ2) is 3.07. The molecule has 73 valence electrons. The van der Waals surface area contributed by atoms with Crippen LogP contribution in [0.1, 0.15) is 5.56 Å². The summed E-state index contributed by atoms with van der Waals surface area (Å²) in [6.45, 7) is 4.58. The van der Waals surface area contributed by atoms with E-state index in [1.54, 1.807) is 10.4 Å². The molecule has 2 aromatic carbocycles. The minimum absolute atomic E-state index is 0.493. The topological polar surface area (TPSA) is 0 Å². The molecular weight excluding hydrogens is 196 g/mol. The van der Waals surface area contributed by atoms with E-state index in [9.17, 15) is 0 Å². The van der Waals surface area contributed by atoms with E-state index in [-0.39, 0.29) is 0 Å². The van der Waals surface area contributed by atoms with Crippen LogP contribution in [0.15, 0.2) is 42.5 Å². The third-order valence-electron chi connectivity index (χ3n) is 3.20. The first-order chi connectivity index (χ1) is 7.27. The molecule has 1 aliphatic heterocycles. The fraction of sp³-hybridized carbons (Fsp3) is 0.143. The van der Waals surface area contributed by atoms with Gasteiger partial charge in [0.1, 0.15) is 8.80 Å². The average Bonchev–Trinajstić information content (AvgIpc) is 2.54. The molecule has 1 radical (unpaired) electrons. The van der Waals surface area contributed by atoms with Gasteiger partial charge in [-0.25, -0.2) is 0 Å². The van der Waals surface area contributed by atoms with Crippen LogP contribution in [0, 0.1) is 6.92 Å². The van der Waals surface area contributed by atoms with E-state index in [1.165, 1.54) is 16.7 Å². The minimum atomic E-state index is -0.493. The molecule has 0 saturated heterocycles. The van der Waals surface area contributed by atoms with Gasteiger partial charge in [0.2, 0.25) is 0 Å². The van der Waals surface area contributed by atoms with Crippen molar-refractivity contribution in [1.82, 2.24) is 0 Å². The largest absolute Gasteiger partial charge is 0.119 e. The number of aryl methyl sites for hydroxylation is 1. The molecular formula is C14H13Si. The lowest BCUT2D eigenvalue weighted by molar-refractivity contribution is 1.49. The third-order valence-corrected chi connectivity index (χ3v) is 5.67. The van der Waals surface area contributed by atoms with Gasteiger partial charge in [0.05, 0.1) is 0 Å². The molecule has 0 saturated carbocycles. The zero-order valence-corrected chi connectivity index (χ0v) is 10.0. The highest BCUT2D eigenvalue weighted by molar-refractivity contribution is 6.88. The Balaban J connectivity index is 2.32. The second-order valence-electron chi connectivity index (χ2n) is 4.22. The van der Waals surface area contributed by atoms with Crippen LogP contribution in [0.2, 0.25) is 6.55 Å². The molecule has 1 aliphatic rings. The van der Waals surface area contributed by atoms with Crippen molar-refractivity contribution in [3.05, 3.63) is 48.0 Å². The molecule has 0 spiro atoms. The third kappa shape index (κ3) is 1.20. The van der Waals surface area contributed by atoms with E-state index >= 15 is 0 Å². The highest BCUT2D eigenvalue weighted by atomic mass is 28.3. The normalized spacial score (nSPS) is 13.7. The van der Waals surface area contributed by atoms with E-state index in [1.807, 2.05) is 0 Å². The van der Waals surface area contributed by atoms with Gasteiger partial charge in [-0.2, -0.15) is 0 Å². The van der Waals surface area contributed by atoms with Crippen LogP contribution in [0.4, 0.5) is 0 Å². The molecule has 0 N–H and O–H groups in total. The number of hydrogen-bond donors (Lipinski definition) is 0. The van der Waals surface area contributed by atoms with Crippen molar-refractivity contribution in [2.24, 2.45) is 0 Å². The molecule has 0 amide bonds. The van der Waals surface area contributed by atoms with Crippen LogP contribution in [0.25, 0.3) is 11.1 Å². The summed E-state index contributed by atoms with van der Waals surface area (Å²) in [6, 6.07) is 15.7. The summed E-state index contributed by atoms with van der Waals surface area (Å²) in [5, 5.41) is 3.16. The molecule has 3 rings (SSSR count). The minimum Gasteiger partial charge on any atom is -0.0628 e. The summed E-state index contributed by atoms with van der Waals surface area (Å²) in [6.07, 6.45) is 0. The van der Waals surface area contributed by atoms with Gasteiger partial charge in [-0.05, 0) is 28.4 Å². The van der Waals surface area contributed by atoms with E-state index in [2.05, 4.69) is 55.9 Å². The Bertz CT molecular complexity index is 529. The first-order valence-corrected chi connectivity index (χ1v) is 7.32. The average molecular weight is 209 g/mol. The molecule has 0 nitrogen and oxygen atoms in total. The standard InChI is InChI=1S/C14H13Si/c1-10-7-8-12-11-5-3-4-6-13(11)15(2)14(12)9-10/h3-9H,1-2H3. The van der Waals surface area contributed by atoms with Crippen molar-refractivity contribution >= 4 is 19.2 Å². The molecule has 2 aromatic rings. The van der Waals surface area contributed by atoms with Gasteiger partial charge >= 0.3 is 0 Å². The van der Waals surface area contributed by atoms with Gasteiger partial charge in [0.25, 0.3) is 0 Å². The Morgan fingerprint density at radius 2 is 1.60 bits per heavy atom. The van der Waals surface area contributed by atoms with Crippen molar-refractivity contribution in [2.45, 2.75) is 13.5 Å². The molecule has 0 unspecified atom stereocenters. The van der Waals surface area contributed by atoms with Crippen molar-refractivity contribution in [3.63, 3.8) is 0 Å². The first-order valence-electron chi connectivity index (χ1n) is 5.32. The van der Waals surface area contributed by atoms with Crippen molar-refractivity contribution < 1.29 is 0 Å². The molecule has 0 aromatic heterocycles. The predicted molar refractivity (Wildman–Crippen MR) is 67.5 cm³/mol. The van der Waals surface area contributed by atoms with Gasteiger partial charge in [0, 0.05) is 0 Å². The molecule has 0 fully saturated rings. The van der Waals surface area contributed by atoms with Crippen LogP contribution in [-0.4, -0.2) is 8.80 Å². The van der Waals surface area contributed by atoms with Gasteiger partial charge in [-0.15, -0.1) is 0 Å². The lowest BCUT2D eigenvalue weighted by Crippen LogP contribution is -2.34. The van der Waals surface area contributed by atoms with Gasteiger partial charge in [-0.1, -0.05) is 54.6 Å². The van der Waals surface area contributed by atoms with E-state index in [4.69, 9.17) is 0 Å². The fourth-order valence-corrected chi connectivity index (χ4v) is 4.72. The molecule has 1 heterocycles. The molecule has 1 heteroatoms. The predicted octanol–water partition coefficient (Wildman–Crippen LogP) is 2.21. The Labute approximate surface area is 92.2 Å². The van der Waals surface area contributed by atoms with E-state index in [0.717, 1.165) is 0 Å². The number of benzene rings is 2. The maximum absolute atomic E-state index is 2.40. The van der Waals surface area contributed by atoms with Crippen molar-refractivity contribution in [3.8, 4) is 11.1 Å². The number of fused-ring (bicyclic) bond motifs is 3. The summed E-state index contributed by atoms with van der Waals surface area (Å²) in [5.41, 5.74) is 4.31. The van der Waals surface area contributed by atoms with Crippen LogP contribution < -0.4 is 10.4 Å². The Kier molecular flexibility index (Phi) is 1.83.